The lowest BCUT2D eigenvalue weighted by Crippen LogP contribution is -2.58. The highest BCUT2D eigenvalue weighted by Gasteiger charge is 2.59. The molecule has 23 heavy (non-hydrogen) atoms. The van der Waals surface area contributed by atoms with Crippen molar-refractivity contribution >= 4 is 5.78 Å². The molecule has 0 saturated heterocycles. The van der Waals surface area contributed by atoms with Crippen molar-refractivity contribution in [1.82, 2.24) is 0 Å². The molecule has 0 bridgehead atoms. The van der Waals surface area contributed by atoms with Gasteiger partial charge in [-0.15, -0.1) is 0 Å². The molecular formula is C20H32O3. The van der Waals surface area contributed by atoms with Crippen LogP contribution in [0.15, 0.2) is 11.6 Å². The minimum atomic E-state index is -0.839. The maximum atomic E-state index is 12.9. The van der Waals surface area contributed by atoms with Crippen molar-refractivity contribution in [2.24, 2.45) is 28.6 Å². The zero-order valence-corrected chi connectivity index (χ0v) is 15.2. The molecule has 3 nitrogen and oxygen atoms in total. The Labute approximate surface area is 140 Å². The molecule has 3 aliphatic rings. The lowest BCUT2D eigenvalue weighted by atomic mass is 9.45. The van der Waals surface area contributed by atoms with Gasteiger partial charge in [0.05, 0.1) is 11.7 Å². The van der Waals surface area contributed by atoms with Gasteiger partial charge in [-0.3, -0.25) is 4.79 Å². The summed E-state index contributed by atoms with van der Waals surface area (Å²) in [5, 5.41) is 21.3. The van der Waals surface area contributed by atoms with Crippen LogP contribution >= 0.6 is 0 Å². The normalized spacial score (nSPS) is 46.2. The molecule has 0 heterocycles. The van der Waals surface area contributed by atoms with E-state index >= 15 is 0 Å². The third-order valence-electron chi connectivity index (χ3n) is 7.63. The summed E-state index contributed by atoms with van der Waals surface area (Å²) in [6.07, 6.45) is 5.48. The molecule has 0 spiro atoms. The van der Waals surface area contributed by atoms with E-state index in [1.165, 1.54) is 0 Å². The monoisotopic (exact) mass is 320 g/mol. The highest BCUT2D eigenvalue weighted by molar-refractivity contribution is 5.97. The second kappa shape index (κ2) is 5.16. The Morgan fingerprint density at radius 3 is 2.43 bits per heavy atom. The second-order valence-corrected chi connectivity index (χ2v) is 9.40. The number of hydrogen-bond donors (Lipinski definition) is 2. The molecule has 0 aromatic heterocycles. The van der Waals surface area contributed by atoms with Crippen molar-refractivity contribution in [1.29, 1.82) is 0 Å². The van der Waals surface area contributed by atoms with Crippen molar-refractivity contribution in [2.45, 2.75) is 78.4 Å². The highest BCUT2D eigenvalue weighted by atomic mass is 16.3. The van der Waals surface area contributed by atoms with Gasteiger partial charge < -0.3 is 10.2 Å². The standard InChI is InChI=1S/C20H32O3/c1-12(2)20(23)9-6-14-13(11-20)15(21)10-16-18(3,4)17(22)7-8-19(14,16)5/h11-12,14,16-17,22-23H,6-10H2,1-5H3/t14-,16-,17-,19+,20+/m0/s1. The van der Waals surface area contributed by atoms with E-state index in [4.69, 9.17) is 0 Å². The number of aliphatic hydroxyl groups excluding tert-OH is 1. The van der Waals surface area contributed by atoms with Crippen LogP contribution in [0.4, 0.5) is 0 Å². The average molecular weight is 320 g/mol. The number of aliphatic hydroxyl groups is 2. The molecule has 2 saturated carbocycles. The third kappa shape index (κ3) is 2.34. The third-order valence-corrected chi connectivity index (χ3v) is 7.63. The Hall–Kier alpha value is -0.670. The van der Waals surface area contributed by atoms with E-state index in [0.29, 0.717) is 6.42 Å². The molecule has 0 unspecified atom stereocenters. The first kappa shape index (κ1) is 17.2. The van der Waals surface area contributed by atoms with Crippen LogP contribution in [0, 0.1) is 28.6 Å². The summed E-state index contributed by atoms with van der Waals surface area (Å²) in [6.45, 7) is 10.6. The summed E-state index contributed by atoms with van der Waals surface area (Å²) >= 11 is 0. The van der Waals surface area contributed by atoms with Gasteiger partial charge in [-0.2, -0.15) is 0 Å². The van der Waals surface area contributed by atoms with Crippen molar-refractivity contribution in [2.75, 3.05) is 0 Å². The largest absolute Gasteiger partial charge is 0.393 e. The Morgan fingerprint density at radius 1 is 1.17 bits per heavy atom. The first-order valence-corrected chi connectivity index (χ1v) is 9.19. The molecular weight excluding hydrogens is 288 g/mol. The van der Waals surface area contributed by atoms with E-state index < -0.39 is 5.60 Å². The second-order valence-electron chi connectivity index (χ2n) is 9.40. The smallest absolute Gasteiger partial charge is 0.159 e. The number of Topliss-reactive ketones (excluding diaryl/α,β-unsaturated/α-hetero) is 1. The van der Waals surface area contributed by atoms with Gasteiger partial charge in [-0.1, -0.05) is 34.6 Å². The maximum absolute atomic E-state index is 12.9. The van der Waals surface area contributed by atoms with Gasteiger partial charge in [0.1, 0.15) is 0 Å². The molecule has 0 radical (unpaired) electrons. The number of rotatable bonds is 1. The molecule has 3 aliphatic carbocycles. The first-order valence-electron chi connectivity index (χ1n) is 9.19. The Bertz CT molecular complexity index is 547. The Kier molecular flexibility index (Phi) is 3.85. The summed E-state index contributed by atoms with van der Waals surface area (Å²) in [7, 11) is 0. The summed E-state index contributed by atoms with van der Waals surface area (Å²) in [5.74, 6) is 0.774. The molecule has 2 fully saturated rings. The van der Waals surface area contributed by atoms with Gasteiger partial charge in [0.2, 0.25) is 0 Å². The van der Waals surface area contributed by atoms with Crippen LogP contribution in [0.1, 0.15) is 66.7 Å². The predicted octanol–water partition coefficient (Wildman–Crippen LogP) is 3.49. The van der Waals surface area contributed by atoms with Gasteiger partial charge in [0.25, 0.3) is 0 Å². The lowest BCUT2D eigenvalue weighted by molar-refractivity contribution is -0.149. The zero-order chi connectivity index (χ0) is 17.2. The lowest BCUT2D eigenvalue weighted by Gasteiger charge is -2.60. The van der Waals surface area contributed by atoms with Crippen LogP contribution < -0.4 is 0 Å². The number of carbonyl (C=O) groups is 1. The quantitative estimate of drug-likeness (QED) is 0.777. The summed E-state index contributed by atoms with van der Waals surface area (Å²) in [4.78, 5) is 12.9. The van der Waals surface area contributed by atoms with Crippen LogP contribution in [-0.2, 0) is 4.79 Å². The van der Waals surface area contributed by atoms with Gasteiger partial charge in [-0.05, 0) is 65.9 Å². The molecule has 0 amide bonds. The molecule has 3 heteroatoms. The molecule has 130 valence electrons. The van der Waals surface area contributed by atoms with Gasteiger partial charge >= 0.3 is 0 Å². The molecule has 3 rings (SSSR count). The SMILES string of the molecule is CC(C)[C@]1(O)C=C2C(=O)C[C@H]3C(C)(C)[C@@H](O)CC[C@]3(C)[C@H]2CC1. The first-order chi connectivity index (χ1) is 10.5. The fourth-order valence-electron chi connectivity index (χ4n) is 5.68. The average Bonchev–Trinajstić information content (AvgIpc) is 2.47. The Morgan fingerprint density at radius 2 is 1.83 bits per heavy atom. The molecule has 0 aromatic rings. The molecule has 2 N–H and O–H groups in total. The predicted molar refractivity (Wildman–Crippen MR) is 90.8 cm³/mol. The van der Waals surface area contributed by atoms with E-state index in [2.05, 4.69) is 20.8 Å². The van der Waals surface area contributed by atoms with E-state index in [1.54, 1.807) is 0 Å². The van der Waals surface area contributed by atoms with Crippen LogP contribution in [-0.4, -0.2) is 27.7 Å². The van der Waals surface area contributed by atoms with Crippen LogP contribution in [0.5, 0.6) is 0 Å². The van der Waals surface area contributed by atoms with Crippen LogP contribution in [0.3, 0.4) is 0 Å². The van der Waals surface area contributed by atoms with Crippen molar-refractivity contribution < 1.29 is 15.0 Å². The topological polar surface area (TPSA) is 57.5 Å². The minimum Gasteiger partial charge on any atom is -0.393 e. The number of ketones is 1. The van der Waals surface area contributed by atoms with Gasteiger partial charge in [-0.25, -0.2) is 0 Å². The number of hydrogen-bond acceptors (Lipinski definition) is 3. The van der Waals surface area contributed by atoms with Crippen molar-refractivity contribution in [3.63, 3.8) is 0 Å². The van der Waals surface area contributed by atoms with Gasteiger partial charge in [0.15, 0.2) is 5.78 Å². The fourth-order valence-corrected chi connectivity index (χ4v) is 5.68. The Balaban J connectivity index is 2.03. The zero-order valence-electron chi connectivity index (χ0n) is 15.2. The molecule has 0 aliphatic heterocycles. The summed E-state index contributed by atoms with van der Waals surface area (Å²) in [6, 6.07) is 0. The number of carbonyl (C=O) groups excluding carboxylic acids is 1. The van der Waals surface area contributed by atoms with Crippen molar-refractivity contribution in [3.8, 4) is 0 Å². The number of fused-ring (bicyclic) bond motifs is 3. The highest BCUT2D eigenvalue weighted by Crippen LogP contribution is 2.62. The van der Waals surface area contributed by atoms with Gasteiger partial charge in [0, 0.05) is 6.42 Å². The fraction of sp³-hybridized carbons (Fsp3) is 0.850. The van der Waals surface area contributed by atoms with E-state index in [-0.39, 0.29) is 40.5 Å². The minimum absolute atomic E-state index is 0.0563. The number of allylic oxidation sites excluding steroid dienone is 1. The summed E-state index contributed by atoms with van der Waals surface area (Å²) < 4.78 is 0. The summed E-state index contributed by atoms with van der Waals surface area (Å²) in [5.41, 5.74) is -0.131. The van der Waals surface area contributed by atoms with Crippen molar-refractivity contribution in [3.05, 3.63) is 11.6 Å². The van der Waals surface area contributed by atoms with Crippen LogP contribution in [0.25, 0.3) is 0 Å². The maximum Gasteiger partial charge on any atom is 0.159 e. The van der Waals surface area contributed by atoms with E-state index in [0.717, 1.165) is 31.3 Å². The van der Waals surface area contributed by atoms with Crippen LogP contribution in [0.2, 0.25) is 0 Å². The van der Waals surface area contributed by atoms with E-state index in [1.807, 2.05) is 19.9 Å². The molecule has 5 atom stereocenters. The molecule has 0 aromatic carbocycles. The van der Waals surface area contributed by atoms with E-state index in [9.17, 15) is 15.0 Å².